The molecule has 0 saturated heterocycles. The Bertz CT molecular complexity index is 423. The lowest BCUT2D eigenvalue weighted by molar-refractivity contribution is 0.292. The molecule has 19 heavy (non-hydrogen) atoms. The van der Waals surface area contributed by atoms with Gasteiger partial charge in [0.15, 0.2) is 0 Å². The summed E-state index contributed by atoms with van der Waals surface area (Å²) in [5, 5.41) is 3.72. The molecule has 2 nitrogen and oxygen atoms in total. The van der Waals surface area contributed by atoms with E-state index in [-0.39, 0.29) is 0 Å². The van der Waals surface area contributed by atoms with Crippen molar-refractivity contribution < 1.29 is 4.74 Å². The molecular weight excluding hydrogens is 234 g/mol. The van der Waals surface area contributed by atoms with Crippen LogP contribution in [0.5, 0.6) is 5.75 Å². The number of nitrogens with one attached hydrogen (secondary N) is 1. The van der Waals surface area contributed by atoms with E-state index in [1.54, 1.807) is 0 Å². The van der Waals surface area contributed by atoms with Gasteiger partial charge in [0.05, 0.1) is 0 Å². The van der Waals surface area contributed by atoms with E-state index in [9.17, 15) is 0 Å². The van der Waals surface area contributed by atoms with Crippen molar-refractivity contribution in [3.63, 3.8) is 0 Å². The fourth-order valence-corrected chi connectivity index (χ4v) is 2.90. The minimum atomic E-state index is 0.778. The molecule has 0 radical (unpaired) electrons. The molecule has 2 saturated carbocycles. The van der Waals surface area contributed by atoms with Crippen molar-refractivity contribution in [1.82, 2.24) is 5.32 Å². The fourth-order valence-electron chi connectivity index (χ4n) is 2.90. The highest BCUT2D eigenvalue weighted by molar-refractivity contribution is 5.38. The number of hydrogen-bond donors (Lipinski definition) is 1. The van der Waals surface area contributed by atoms with Crippen LogP contribution in [-0.4, -0.2) is 19.2 Å². The first-order chi connectivity index (χ1) is 9.25. The largest absolute Gasteiger partial charge is 0.492 e. The average molecular weight is 259 g/mol. The van der Waals surface area contributed by atoms with Crippen molar-refractivity contribution in [2.24, 2.45) is 11.8 Å². The third kappa shape index (κ3) is 3.30. The Morgan fingerprint density at radius 3 is 2.47 bits per heavy atom. The summed E-state index contributed by atoms with van der Waals surface area (Å²) in [6, 6.07) is 7.06. The van der Waals surface area contributed by atoms with E-state index in [1.807, 2.05) is 0 Å². The lowest BCUT2D eigenvalue weighted by atomic mass is 10.1. The normalized spacial score (nSPS) is 18.9. The summed E-state index contributed by atoms with van der Waals surface area (Å²) in [7, 11) is 0. The van der Waals surface area contributed by atoms with Gasteiger partial charge in [0, 0.05) is 12.6 Å². The summed E-state index contributed by atoms with van der Waals surface area (Å²) in [5.41, 5.74) is 2.57. The Morgan fingerprint density at radius 2 is 1.84 bits per heavy atom. The van der Waals surface area contributed by atoms with E-state index >= 15 is 0 Å². The zero-order valence-corrected chi connectivity index (χ0v) is 12.1. The van der Waals surface area contributed by atoms with Crippen molar-refractivity contribution in [3.05, 3.63) is 29.3 Å². The Kier molecular flexibility index (Phi) is 3.79. The molecule has 0 amide bonds. The number of benzene rings is 1. The van der Waals surface area contributed by atoms with Crippen molar-refractivity contribution in [2.45, 2.75) is 45.6 Å². The maximum atomic E-state index is 5.91. The van der Waals surface area contributed by atoms with E-state index in [1.165, 1.54) is 36.8 Å². The van der Waals surface area contributed by atoms with Crippen LogP contribution >= 0.6 is 0 Å². The van der Waals surface area contributed by atoms with Gasteiger partial charge in [-0.25, -0.2) is 0 Å². The van der Waals surface area contributed by atoms with Gasteiger partial charge in [-0.05, 0) is 68.6 Å². The molecule has 0 bridgehead atoms. The topological polar surface area (TPSA) is 21.3 Å². The second-order valence-electron chi connectivity index (χ2n) is 6.20. The zero-order chi connectivity index (χ0) is 13.2. The smallest absolute Gasteiger partial charge is 0.122 e. The molecule has 0 unspecified atom stereocenters. The van der Waals surface area contributed by atoms with Gasteiger partial charge < -0.3 is 10.1 Å². The van der Waals surface area contributed by atoms with Crippen LogP contribution in [-0.2, 0) is 0 Å². The molecule has 0 aromatic heterocycles. The third-order valence-corrected chi connectivity index (χ3v) is 4.55. The van der Waals surface area contributed by atoms with E-state index in [4.69, 9.17) is 4.74 Å². The molecule has 2 aliphatic rings. The van der Waals surface area contributed by atoms with E-state index < -0.39 is 0 Å². The maximum absolute atomic E-state index is 5.91. The minimum Gasteiger partial charge on any atom is -0.492 e. The van der Waals surface area contributed by atoms with E-state index in [0.29, 0.717) is 0 Å². The Morgan fingerprint density at radius 1 is 1.16 bits per heavy atom. The molecule has 0 atom stereocenters. The lowest BCUT2D eigenvalue weighted by Gasteiger charge is -2.18. The van der Waals surface area contributed by atoms with Crippen LogP contribution in [0.15, 0.2) is 18.2 Å². The van der Waals surface area contributed by atoms with E-state index in [0.717, 1.165) is 36.8 Å². The molecule has 0 aliphatic heterocycles. The first-order valence-electron chi connectivity index (χ1n) is 7.68. The molecule has 0 spiro atoms. The lowest BCUT2D eigenvalue weighted by Crippen LogP contribution is -2.36. The Balaban J connectivity index is 1.43. The number of aryl methyl sites for hydroxylation is 1. The summed E-state index contributed by atoms with van der Waals surface area (Å²) < 4.78 is 5.91. The quantitative estimate of drug-likeness (QED) is 0.757. The first-order valence-corrected chi connectivity index (χ1v) is 7.68. The molecular formula is C17H25NO. The molecule has 2 fully saturated rings. The van der Waals surface area contributed by atoms with Gasteiger partial charge >= 0.3 is 0 Å². The van der Waals surface area contributed by atoms with Crippen LogP contribution in [0.3, 0.4) is 0 Å². The zero-order valence-electron chi connectivity index (χ0n) is 12.1. The predicted octanol–water partition coefficient (Wildman–Crippen LogP) is 3.46. The maximum Gasteiger partial charge on any atom is 0.122 e. The number of rotatable bonds is 7. The minimum absolute atomic E-state index is 0.778. The van der Waals surface area contributed by atoms with Gasteiger partial charge in [0.2, 0.25) is 0 Å². The van der Waals surface area contributed by atoms with Gasteiger partial charge in [-0.15, -0.1) is 0 Å². The Hall–Kier alpha value is -1.02. The van der Waals surface area contributed by atoms with Crippen molar-refractivity contribution in [3.8, 4) is 5.75 Å². The van der Waals surface area contributed by atoms with E-state index in [2.05, 4.69) is 37.4 Å². The average Bonchev–Trinajstić information content (AvgIpc) is 3.27. The van der Waals surface area contributed by atoms with Crippen LogP contribution in [0.1, 0.15) is 36.8 Å². The van der Waals surface area contributed by atoms with Gasteiger partial charge in [-0.3, -0.25) is 0 Å². The second kappa shape index (κ2) is 5.54. The van der Waals surface area contributed by atoms with Crippen molar-refractivity contribution in [1.29, 1.82) is 0 Å². The standard InChI is InChI=1S/C17H25NO/c1-12-4-3-5-16(13(12)2)19-11-10-18-17(14-6-7-14)15-8-9-15/h3-5,14-15,17-18H,6-11H2,1-2H3. The monoisotopic (exact) mass is 259 g/mol. The number of ether oxygens (including phenoxy) is 1. The van der Waals surface area contributed by atoms with Crippen LogP contribution in [0.4, 0.5) is 0 Å². The highest BCUT2D eigenvalue weighted by Gasteiger charge is 2.40. The SMILES string of the molecule is Cc1cccc(OCCNC(C2CC2)C2CC2)c1C. The summed E-state index contributed by atoms with van der Waals surface area (Å²) in [4.78, 5) is 0. The van der Waals surface area contributed by atoms with Crippen LogP contribution in [0.2, 0.25) is 0 Å². The molecule has 0 heterocycles. The molecule has 104 valence electrons. The number of hydrogen-bond acceptors (Lipinski definition) is 2. The van der Waals surface area contributed by atoms with Crippen LogP contribution in [0, 0.1) is 25.7 Å². The van der Waals surface area contributed by atoms with Crippen LogP contribution < -0.4 is 10.1 Å². The van der Waals surface area contributed by atoms with Gasteiger partial charge in [0.25, 0.3) is 0 Å². The summed E-state index contributed by atoms with van der Waals surface area (Å²) in [6.45, 7) is 6.03. The summed E-state index contributed by atoms with van der Waals surface area (Å²) >= 11 is 0. The Labute approximate surface area is 116 Å². The summed E-state index contributed by atoms with van der Waals surface area (Å²) in [6.07, 6.45) is 5.75. The van der Waals surface area contributed by atoms with Gasteiger partial charge in [-0.1, -0.05) is 12.1 Å². The molecule has 1 aromatic carbocycles. The van der Waals surface area contributed by atoms with Crippen molar-refractivity contribution >= 4 is 0 Å². The van der Waals surface area contributed by atoms with Gasteiger partial charge in [-0.2, -0.15) is 0 Å². The highest BCUT2D eigenvalue weighted by atomic mass is 16.5. The summed E-state index contributed by atoms with van der Waals surface area (Å²) in [5.74, 6) is 2.97. The molecule has 2 heteroatoms. The second-order valence-corrected chi connectivity index (χ2v) is 6.20. The molecule has 1 N–H and O–H groups in total. The highest BCUT2D eigenvalue weighted by Crippen LogP contribution is 2.44. The van der Waals surface area contributed by atoms with Gasteiger partial charge in [0.1, 0.15) is 12.4 Å². The third-order valence-electron chi connectivity index (χ3n) is 4.55. The predicted molar refractivity (Wildman–Crippen MR) is 78.6 cm³/mol. The van der Waals surface area contributed by atoms with Crippen LogP contribution in [0.25, 0.3) is 0 Å². The molecule has 3 rings (SSSR count). The van der Waals surface area contributed by atoms with Crippen molar-refractivity contribution in [2.75, 3.05) is 13.2 Å². The molecule has 1 aromatic rings. The fraction of sp³-hybridized carbons (Fsp3) is 0.647. The molecule has 2 aliphatic carbocycles. The first kappa shape index (κ1) is 13.0.